The summed E-state index contributed by atoms with van der Waals surface area (Å²) in [4.78, 5) is 0. The van der Waals surface area contributed by atoms with Gasteiger partial charge in [0.25, 0.3) is 0 Å². The van der Waals surface area contributed by atoms with Crippen LogP contribution in [0.25, 0.3) is 0 Å². The molecule has 4 heteroatoms. The fraction of sp³-hybridized carbons (Fsp3) is 0.316. The molecule has 2 rings (SSSR count). The van der Waals surface area contributed by atoms with E-state index in [1.54, 1.807) is 7.11 Å². The number of ether oxygens (including phenoxy) is 2. The molecule has 0 saturated heterocycles. The van der Waals surface area contributed by atoms with E-state index in [-0.39, 0.29) is 0 Å². The maximum absolute atomic E-state index is 8.91. The van der Waals surface area contributed by atoms with Crippen molar-refractivity contribution < 1.29 is 9.47 Å². The Morgan fingerprint density at radius 1 is 1.04 bits per heavy atom. The number of nitriles is 1. The molecule has 0 fully saturated rings. The molecule has 23 heavy (non-hydrogen) atoms. The van der Waals surface area contributed by atoms with Crippen LogP contribution in [0.3, 0.4) is 0 Å². The van der Waals surface area contributed by atoms with Crippen LogP contribution in [0.2, 0.25) is 0 Å². The summed E-state index contributed by atoms with van der Waals surface area (Å²) in [5.74, 6) is 1.53. The van der Waals surface area contributed by atoms with Crippen LogP contribution in [0, 0.1) is 11.3 Å². The first-order chi connectivity index (χ1) is 11.3. The molecule has 2 aromatic carbocycles. The SMILES string of the molecule is CCCOc1ccc(CNCc2cccc(C#N)c2)cc1OC. The summed E-state index contributed by atoms with van der Waals surface area (Å²) in [5, 5.41) is 12.3. The first kappa shape index (κ1) is 16.9. The van der Waals surface area contributed by atoms with E-state index < -0.39 is 0 Å². The fourth-order valence-electron chi connectivity index (χ4n) is 2.26. The van der Waals surface area contributed by atoms with Crippen LogP contribution in [0.15, 0.2) is 42.5 Å². The van der Waals surface area contributed by atoms with E-state index in [1.165, 1.54) is 0 Å². The minimum absolute atomic E-state index is 0.684. The Bertz CT molecular complexity index is 677. The number of nitrogens with zero attached hydrogens (tertiary/aromatic N) is 1. The third kappa shape index (κ3) is 5.01. The normalized spacial score (nSPS) is 10.1. The van der Waals surface area contributed by atoms with Crippen LogP contribution in [0.4, 0.5) is 0 Å². The summed E-state index contributed by atoms with van der Waals surface area (Å²) in [6, 6.07) is 15.7. The molecule has 4 nitrogen and oxygen atoms in total. The predicted molar refractivity (Wildman–Crippen MR) is 90.5 cm³/mol. The molecule has 0 radical (unpaired) electrons. The largest absolute Gasteiger partial charge is 0.493 e. The minimum Gasteiger partial charge on any atom is -0.493 e. The number of nitrogens with one attached hydrogen (secondary N) is 1. The predicted octanol–water partition coefficient (Wildman–Crippen LogP) is 3.65. The van der Waals surface area contributed by atoms with Crippen molar-refractivity contribution in [3.05, 3.63) is 59.2 Å². The molecule has 0 aliphatic heterocycles. The zero-order valence-corrected chi connectivity index (χ0v) is 13.6. The average Bonchev–Trinajstić information content (AvgIpc) is 2.60. The second-order valence-electron chi connectivity index (χ2n) is 5.25. The molecule has 1 N–H and O–H groups in total. The van der Waals surface area contributed by atoms with Crippen LogP contribution < -0.4 is 14.8 Å². The van der Waals surface area contributed by atoms with Gasteiger partial charge in [0.15, 0.2) is 11.5 Å². The molecule has 0 heterocycles. The smallest absolute Gasteiger partial charge is 0.161 e. The molecule has 0 bridgehead atoms. The Morgan fingerprint density at radius 3 is 2.52 bits per heavy atom. The molecule has 0 aromatic heterocycles. The molecule has 2 aromatic rings. The maximum Gasteiger partial charge on any atom is 0.161 e. The lowest BCUT2D eigenvalue weighted by atomic mass is 10.1. The van der Waals surface area contributed by atoms with Crippen LogP contribution in [-0.2, 0) is 13.1 Å². The van der Waals surface area contributed by atoms with E-state index >= 15 is 0 Å². The Kier molecular flexibility index (Phi) is 6.46. The van der Waals surface area contributed by atoms with Gasteiger partial charge in [-0.3, -0.25) is 0 Å². The highest BCUT2D eigenvalue weighted by molar-refractivity contribution is 5.43. The van der Waals surface area contributed by atoms with E-state index in [1.807, 2.05) is 42.5 Å². The van der Waals surface area contributed by atoms with Crippen LogP contribution in [0.1, 0.15) is 30.0 Å². The Balaban J connectivity index is 1.93. The lowest BCUT2D eigenvalue weighted by Crippen LogP contribution is -2.13. The van der Waals surface area contributed by atoms with Crippen LogP contribution in [0.5, 0.6) is 11.5 Å². The number of hydrogen-bond acceptors (Lipinski definition) is 4. The van der Waals surface area contributed by atoms with Crippen LogP contribution in [-0.4, -0.2) is 13.7 Å². The fourth-order valence-corrected chi connectivity index (χ4v) is 2.26. The van der Waals surface area contributed by atoms with E-state index in [0.717, 1.165) is 35.6 Å². The molecule has 0 aliphatic rings. The van der Waals surface area contributed by atoms with E-state index in [2.05, 4.69) is 18.3 Å². The molecular weight excluding hydrogens is 288 g/mol. The van der Waals surface area contributed by atoms with Gasteiger partial charge < -0.3 is 14.8 Å². The number of methoxy groups -OCH3 is 1. The first-order valence-electron chi connectivity index (χ1n) is 7.76. The summed E-state index contributed by atoms with van der Waals surface area (Å²) >= 11 is 0. The molecule has 0 aliphatic carbocycles. The summed E-state index contributed by atoms with van der Waals surface area (Å²) in [7, 11) is 1.65. The molecule has 0 unspecified atom stereocenters. The molecule has 120 valence electrons. The summed E-state index contributed by atoms with van der Waals surface area (Å²) in [6.07, 6.45) is 0.966. The standard InChI is InChI=1S/C19H22N2O2/c1-3-9-23-18-8-7-17(11-19(18)22-2)14-21-13-16-6-4-5-15(10-16)12-20/h4-8,10-11,21H,3,9,13-14H2,1-2H3. The van der Waals surface area contributed by atoms with Crippen molar-refractivity contribution in [1.29, 1.82) is 5.26 Å². The van der Waals surface area contributed by atoms with Crippen molar-refractivity contribution in [3.8, 4) is 17.6 Å². The molecular formula is C19H22N2O2. The summed E-state index contributed by atoms with van der Waals surface area (Å²) in [5.41, 5.74) is 2.91. The zero-order valence-electron chi connectivity index (χ0n) is 13.6. The highest BCUT2D eigenvalue weighted by Crippen LogP contribution is 2.28. The number of rotatable bonds is 8. The lowest BCUT2D eigenvalue weighted by molar-refractivity contribution is 0.294. The van der Waals surface area contributed by atoms with Crippen molar-refractivity contribution in [2.75, 3.05) is 13.7 Å². The quantitative estimate of drug-likeness (QED) is 0.808. The van der Waals surface area contributed by atoms with Crippen molar-refractivity contribution in [2.24, 2.45) is 0 Å². The number of benzene rings is 2. The third-order valence-corrected chi connectivity index (χ3v) is 3.40. The topological polar surface area (TPSA) is 54.3 Å². The van der Waals surface area contributed by atoms with Crippen LogP contribution >= 0.6 is 0 Å². The maximum atomic E-state index is 8.91. The van der Waals surface area contributed by atoms with Gasteiger partial charge in [-0.1, -0.05) is 25.1 Å². The Labute approximate surface area is 137 Å². The average molecular weight is 310 g/mol. The highest BCUT2D eigenvalue weighted by Gasteiger charge is 2.05. The summed E-state index contributed by atoms with van der Waals surface area (Å²) in [6.45, 7) is 4.20. The van der Waals surface area contributed by atoms with Crippen molar-refractivity contribution >= 4 is 0 Å². The van der Waals surface area contributed by atoms with E-state index in [9.17, 15) is 0 Å². The van der Waals surface area contributed by atoms with Gasteiger partial charge in [0, 0.05) is 13.1 Å². The Morgan fingerprint density at radius 2 is 1.83 bits per heavy atom. The van der Waals surface area contributed by atoms with E-state index in [0.29, 0.717) is 18.7 Å². The minimum atomic E-state index is 0.684. The third-order valence-electron chi connectivity index (χ3n) is 3.40. The summed E-state index contributed by atoms with van der Waals surface area (Å²) < 4.78 is 11.0. The second-order valence-corrected chi connectivity index (χ2v) is 5.25. The lowest BCUT2D eigenvalue weighted by Gasteiger charge is -2.12. The van der Waals surface area contributed by atoms with Gasteiger partial charge in [-0.05, 0) is 41.8 Å². The van der Waals surface area contributed by atoms with Gasteiger partial charge in [0.05, 0.1) is 25.3 Å². The van der Waals surface area contributed by atoms with Crippen molar-refractivity contribution in [3.63, 3.8) is 0 Å². The first-order valence-corrected chi connectivity index (χ1v) is 7.76. The van der Waals surface area contributed by atoms with Gasteiger partial charge in [-0.25, -0.2) is 0 Å². The van der Waals surface area contributed by atoms with Gasteiger partial charge in [0.1, 0.15) is 0 Å². The number of hydrogen-bond donors (Lipinski definition) is 1. The van der Waals surface area contributed by atoms with E-state index in [4.69, 9.17) is 14.7 Å². The van der Waals surface area contributed by atoms with Gasteiger partial charge in [0.2, 0.25) is 0 Å². The Hall–Kier alpha value is -2.51. The van der Waals surface area contributed by atoms with Gasteiger partial charge >= 0.3 is 0 Å². The molecule has 0 amide bonds. The second kappa shape index (κ2) is 8.82. The molecule has 0 saturated carbocycles. The molecule has 0 atom stereocenters. The highest BCUT2D eigenvalue weighted by atomic mass is 16.5. The monoisotopic (exact) mass is 310 g/mol. The zero-order chi connectivity index (χ0) is 16.5. The van der Waals surface area contributed by atoms with Gasteiger partial charge in [-0.2, -0.15) is 5.26 Å². The van der Waals surface area contributed by atoms with Crippen molar-refractivity contribution in [2.45, 2.75) is 26.4 Å². The van der Waals surface area contributed by atoms with Gasteiger partial charge in [-0.15, -0.1) is 0 Å². The van der Waals surface area contributed by atoms with Crippen molar-refractivity contribution in [1.82, 2.24) is 5.32 Å². The molecule has 0 spiro atoms.